The van der Waals surface area contributed by atoms with E-state index >= 15 is 0 Å². The van der Waals surface area contributed by atoms with Gasteiger partial charge in [0.2, 0.25) is 0 Å². The molecule has 17 heavy (non-hydrogen) atoms. The number of ether oxygens (including phenoxy) is 1. The average Bonchev–Trinajstić information content (AvgIpc) is 2.36. The molecule has 0 aliphatic rings. The number of esters is 1. The van der Waals surface area contributed by atoms with Crippen molar-refractivity contribution in [2.24, 2.45) is 0 Å². The highest BCUT2D eigenvalue weighted by Gasteiger charge is 2.12. The monoisotopic (exact) mass is 251 g/mol. The van der Waals surface area contributed by atoms with Crippen molar-refractivity contribution in [3.8, 4) is 6.07 Å². The van der Waals surface area contributed by atoms with Gasteiger partial charge in [0.05, 0.1) is 18.2 Å². The minimum absolute atomic E-state index is 0.341. The third-order valence-corrected chi connectivity index (χ3v) is 2.63. The van der Waals surface area contributed by atoms with Gasteiger partial charge in [-0.25, -0.2) is 4.79 Å². The van der Waals surface area contributed by atoms with Gasteiger partial charge in [0.1, 0.15) is 0 Å². The van der Waals surface area contributed by atoms with E-state index in [1.165, 1.54) is 0 Å². The van der Waals surface area contributed by atoms with Crippen molar-refractivity contribution in [1.82, 2.24) is 0 Å². The standard InChI is InChI=1S/C13H14ClNO2/c1-2-17-13(16)12-6-5-10(9-14)8-11(12)4-3-7-15/h5-6,8H,2-4,9H2,1H3. The first-order valence-corrected chi connectivity index (χ1v) is 5.98. The van der Waals surface area contributed by atoms with Crippen molar-refractivity contribution < 1.29 is 9.53 Å². The molecule has 0 atom stereocenters. The number of alkyl halides is 1. The Labute approximate surface area is 106 Å². The summed E-state index contributed by atoms with van der Waals surface area (Å²) in [5.74, 6) is 0.0458. The van der Waals surface area contributed by atoms with E-state index in [-0.39, 0.29) is 5.97 Å². The quantitative estimate of drug-likeness (QED) is 0.597. The highest BCUT2D eigenvalue weighted by atomic mass is 35.5. The lowest BCUT2D eigenvalue weighted by Gasteiger charge is -2.09. The maximum Gasteiger partial charge on any atom is 0.338 e. The predicted molar refractivity (Wildman–Crippen MR) is 65.9 cm³/mol. The molecule has 0 N–H and O–H groups in total. The lowest BCUT2D eigenvalue weighted by molar-refractivity contribution is 0.0525. The lowest BCUT2D eigenvalue weighted by atomic mass is 10.0. The van der Waals surface area contributed by atoms with Crippen LogP contribution < -0.4 is 0 Å². The first-order chi connectivity index (χ1) is 8.22. The number of hydrogen-bond acceptors (Lipinski definition) is 3. The smallest absolute Gasteiger partial charge is 0.338 e. The number of rotatable bonds is 5. The molecule has 0 spiro atoms. The summed E-state index contributed by atoms with van der Waals surface area (Å²) in [6, 6.07) is 7.44. The maximum absolute atomic E-state index is 11.7. The van der Waals surface area contributed by atoms with E-state index in [9.17, 15) is 4.79 Å². The number of nitrogens with zero attached hydrogens (tertiary/aromatic N) is 1. The molecule has 0 aliphatic carbocycles. The van der Waals surface area contributed by atoms with Crippen LogP contribution in [0, 0.1) is 11.3 Å². The van der Waals surface area contributed by atoms with Crippen molar-refractivity contribution in [2.45, 2.75) is 25.6 Å². The molecular weight excluding hydrogens is 238 g/mol. The largest absolute Gasteiger partial charge is 0.462 e. The highest BCUT2D eigenvalue weighted by Crippen LogP contribution is 2.16. The van der Waals surface area contributed by atoms with Gasteiger partial charge >= 0.3 is 5.97 Å². The second kappa shape index (κ2) is 6.93. The molecule has 1 rings (SSSR count). The van der Waals surface area contributed by atoms with Gasteiger partial charge in [0.25, 0.3) is 0 Å². The van der Waals surface area contributed by atoms with Gasteiger partial charge in [0, 0.05) is 12.3 Å². The molecule has 4 heteroatoms. The molecule has 1 aromatic carbocycles. The van der Waals surface area contributed by atoms with Crippen molar-refractivity contribution in [3.05, 3.63) is 34.9 Å². The van der Waals surface area contributed by atoms with Crippen LogP contribution >= 0.6 is 11.6 Å². The van der Waals surface area contributed by atoms with Gasteiger partial charge in [-0.3, -0.25) is 0 Å². The van der Waals surface area contributed by atoms with Gasteiger partial charge < -0.3 is 4.74 Å². The number of halogens is 1. The molecule has 0 saturated heterocycles. The Hall–Kier alpha value is -1.53. The maximum atomic E-state index is 11.7. The summed E-state index contributed by atoms with van der Waals surface area (Å²) in [4.78, 5) is 11.7. The zero-order valence-corrected chi connectivity index (χ0v) is 10.5. The van der Waals surface area contributed by atoms with Gasteiger partial charge in [-0.15, -0.1) is 11.6 Å². The Kier molecular flexibility index (Phi) is 5.51. The molecule has 0 aliphatic heterocycles. The van der Waals surface area contributed by atoms with Crippen LogP contribution in [0.25, 0.3) is 0 Å². The second-order valence-electron chi connectivity index (χ2n) is 3.50. The Balaban J connectivity index is 3.02. The van der Waals surface area contributed by atoms with Gasteiger partial charge in [-0.1, -0.05) is 12.1 Å². The van der Waals surface area contributed by atoms with Crippen molar-refractivity contribution in [3.63, 3.8) is 0 Å². The van der Waals surface area contributed by atoms with Crippen molar-refractivity contribution in [1.29, 1.82) is 5.26 Å². The van der Waals surface area contributed by atoms with E-state index < -0.39 is 0 Å². The molecule has 0 radical (unpaired) electrons. The van der Waals surface area contributed by atoms with Gasteiger partial charge in [0.15, 0.2) is 0 Å². The predicted octanol–water partition coefficient (Wildman–Crippen LogP) is 3.06. The van der Waals surface area contributed by atoms with Crippen LogP contribution in [0.15, 0.2) is 18.2 Å². The van der Waals surface area contributed by atoms with Crippen LogP contribution in [0.2, 0.25) is 0 Å². The van der Waals surface area contributed by atoms with Crippen LogP contribution in [0.1, 0.15) is 34.8 Å². The number of carbonyl (C=O) groups is 1. The summed E-state index contributed by atoms with van der Waals surface area (Å²) in [6.07, 6.45) is 0.910. The number of aryl methyl sites for hydroxylation is 1. The van der Waals surface area contributed by atoms with E-state index in [0.717, 1.165) is 11.1 Å². The molecule has 90 valence electrons. The molecule has 0 saturated carbocycles. The molecule has 1 aromatic rings. The summed E-state index contributed by atoms with van der Waals surface area (Å²) in [6.45, 7) is 2.10. The molecule has 0 amide bonds. The summed E-state index contributed by atoms with van der Waals surface area (Å²) in [5.41, 5.74) is 2.28. The fraction of sp³-hybridized carbons (Fsp3) is 0.385. The zero-order valence-electron chi connectivity index (χ0n) is 9.70. The summed E-state index contributed by atoms with van der Waals surface area (Å²) in [5, 5.41) is 8.59. The minimum atomic E-state index is -0.346. The summed E-state index contributed by atoms with van der Waals surface area (Å²) < 4.78 is 4.97. The molecule has 0 heterocycles. The normalized spacial score (nSPS) is 9.71. The summed E-state index contributed by atoms with van der Waals surface area (Å²) in [7, 11) is 0. The average molecular weight is 252 g/mol. The third kappa shape index (κ3) is 3.76. The number of hydrogen-bond donors (Lipinski definition) is 0. The SMILES string of the molecule is CCOC(=O)c1ccc(CCl)cc1CCC#N. The van der Waals surface area contributed by atoms with Crippen molar-refractivity contribution >= 4 is 17.6 Å². The highest BCUT2D eigenvalue weighted by molar-refractivity contribution is 6.17. The second-order valence-corrected chi connectivity index (χ2v) is 3.77. The van der Waals surface area contributed by atoms with E-state index in [1.54, 1.807) is 19.1 Å². The zero-order chi connectivity index (χ0) is 12.7. The molecule has 3 nitrogen and oxygen atoms in total. The minimum Gasteiger partial charge on any atom is -0.462 e. The fourth-order valence-corrected chi connectivity index (χ4v) is 1.70. The van der Waals surface area contributed by atoms with Gasteiger partial charge in [-0.05, 0) is 30.5 Å². The summed E-state index contributed by atoms with van der Waals surface area (Å²) >= 11 is 5.74. The van der Waals surface area contributed by atoms with E-state index in [4.69, 9.17) is 21.6 Å². The third-order valence-electron chi connectivity index (χ3n) is 2.33. The first kappa shape index (κ1) is 13.5. The van der Waals surface area contributed by atoms with Crippen LogP contribution in [0.3, 0.4) is 0 Å². The van der Waals surface area contributed by atoms with Gasteiger partial charge in [-0.2, -0.15) is 5.26 Å². The molecular formula is C13H14ClNO2. The molecule has 0 bridgehead atoms. The number of benzene rings is 1. The Morgan fingerprint density at radius 3 is 2.88 bits per heavy atom. The molecule has 0 unspecified atom stereocenters. The first-order valence-electron chi connectivity index (χ1n) is 5.44. The van der Waals surface area contributed by atoms with E-state index in [1.807, 2.05) is 6.07 Å². The Morgan fingerprint density at radius 1 is 1.53 bits per heavy atom. The van der Waals surface area contributed by atoms with Crippen LogP contribution in [0.5, 0.6) is 0 Å². The Bertz CT molecular complexity index is 438. The topological polar surface area (TPSA) is 50.1 Å². The molecule has 0 aromatic heterocycles. The number of nitriles is 1. The molecule has 0 fully saturated rings. The van der Waals surface area contributed by atoms with Crippen LogP contribution in [0.4, 0.5) is 0 Å². The Morgan fingerprint density at radius 2 is 2.29 bits per heavy atom. The number of carbonyl (C=O) groups excluding carboxylic acids is 1. The van der Waals surface area contributed by atoms with Crippen LogP contribution in [-0.4, -0.2) is 12.6 Å². The van der Waals surface area contributed by atoms with E-state index in [0.29, 0.717) is 30.9 Å². The van der Waals surface area contributed by atoms with Crippen LogP contribution in [-0.2, 0) is 17.0 Å². The fourth-order valence-electron chi connectivity index (χ4n) is 1.54. The lowest BCUT2D eigenvalue weighted by Crippen LogP contribution is -2.08. The van der Waals surface area contributed by atoms with E-state index in [2.05, 4.69) is 6.07 Å². The van der Waals surface area contributed by atoms with Crippen molar-refractivity contribution in [2.75, 3.05) is 6.61 Å².